The molecule has 0 aliphatic carbocycles. The van der Waals surface area contributed by atoms with E-state index in [1.165, 1.54) is 5.56 Å². The zero-order chi connectivity index (χ0) is 11.1. The highest BCUT2D eigenvalue weighted by Crippen LogP contribution is 2.31. The number of fused-ring (bicyclic) bond motifs is 1. The molecule has 84 valence electrons. The van der Waals surface area contributed by atoms with Crippen LogP contribution in [0, 0.1) is 6.92 Å². The molecule has 16 heavy (non-hydrogen) atoms. The second-order valence-corrected chi connectivity index (χ2v) is 4.98. The van der Waals surface area contributed by atoms with Crippen LogP contribution in [0.1, 0.15) is 23.6 Å². The monoisotopic (exact) mass is 280 g/mol. The number of aromatic nitrogens is 2. The van der Waals surface area contributed by atoms with E-state index in [9.17, 15) is 0 Å². The van der Waals surface area contributed by atoms with E-state index in [0.29, 0.717) is 5.92 Å². The fourth-order valence-electron chi connectivity index (χ4n) is 2.20. The summed E-state index contributed by atoms with van der Waals surface area (Å²) in [5.41, 5.74) is 3.37. The van der Waals surface area contributed by atoms with Crippen LogP contribution >= 0.6 is 15.9 Å². The molecule has 3 rings (SSSR count). The van der Waals surface area contributed by atoms with E-state index in [1.807, 2.05) is 12.3 Å². The molecule has 3 nitrogen and oxygen atoms in total. The highest BCUT2D eigenvalue weighted by Gasteiger charge is 2.24. The average molecular weight is 281 g/mol. The lowest BCUT2D eigenvalue weighted by atomic mass is 10.1. The predicted octanol–water partition coefficient (Wildman–Crippen LogP) is 2.91. The summed E-state index contributed by atoms with van der Waals surface area (Å²) in [4.78, 5) is 4.73. The third-order valence-electron chi connectivity index (χ3n) is 3.13. The van der Waals surface area contributed by atoms with Crippen molar-refractivity contribution in [1.29, 1.82) is 0 Å². The molecule has 0 aromatic carbocycles. The van der Waals surface area contributed by atoms with Gasteiger partial charge in [0.25, 0.3) is 0 Å². The molecular formula is C12H13BrN2O. The lowest BCUT2D eigenvalue weighted by Gasteiger charge is -2.03. The van der Waals surface area contributed by atoms with E-state index < -0.39 is 0 Å². The van der Waals surface area contributed by atoms with Crippen molar-refractivity contribution in [2.24, 2.45) is 0 Å². The first-order valence-corrected chi connectivity index (χ1v) is 6.27. The Hall–Kier alpha value is -0.870. The van der Waals surface area contributed by atoms with Crippen LogP contribution in [0.3, 0.4) is 0 Å². The van der Waals surface area contributed by atoms with Crippen molar-refractivity contribution in [2.45, 2.75) is 19.3 Å². The van der Waals surface area contributed by atoms with E-state index >= 15 is 0 Å². The average Bonchev–Trinajstić information content (AvgIpc) is 2.88. The molecule has 1 aliphatic rings. The largest absolute Gasteiger partial charge is 0.381 e. The molecule has 0 radical (unpaired) electrons. The standard InChI is InChI=1S/C12H13BrN2O/c1-8-3-2-5-15-11(13)10(14-12(8)15)9-4-6-16-7-9/h2-3,5,9H,4,6-7H2,1H3. The third-order valence-corrected chi connectivity index (χ3v) is 3.92. The van der Waals surface area contributed by atoms with Gasteiger partial charge in [-0.1, -0.05) is 6.07 Å². The van der Waals surface area contributed by atoms with Crippen molar-refractivity contribution in [3.8, 4) is 0 Å². The summed E-state index contributed by atoms with van der Waals surface area (Å²) < 4.78 is 8.59. The van der Waals surface area contributed by atoms with Gasteiger partial charge in [-0.2, -0.15) is 0 Å². The molecule has 0 amide bonds. The van der Waals surface area contributed by atoms with Gasteiger partial charge in [0.15, 0.2) is 0 Å². The van der Waals surface area contributed by atoms with Gasteiger partial charge in [-0.25, -0.2) is 4.98 Å². The minimum absolute atomic E-state index is 0.439. The van der Waals surface area contributed by atoms with E-state index in [0.717, 1.165) is 35.6 Å². The van der Waals surface area contributed by atoms with Gasteiger partial charge >= 0.3 is 0 Å². The number of hydrogen-bond donors (Lipinski definition) is 0. The molecular weight excluding hydrogens is 268 g/mol. The number of hydrogen-bond acceptors (Lipinski definition) is 2. The Morgan fingerprint density at radius 2 is 2.44 bits per heavy atom. The topological polar surface area (TPSA) is 26.5 Å². The Morgan fingerprint density at radius 1 is 1.56 bits per heavy atom. The minimum Gasteiger partial charge on any atom is -0.381 e. The highest BCUT2D eigenvalue weighted by atomic mass is 79.9. The van der Waals surface area contributed by atoms with Crippen LogP contribution in [0.5, 0.6) is 0 Å². The molecule has 1 atom stereocenters. The zero-order valence-corrected chi connectivity index (χ0v) is 10.7. The van der Waals surface area contributed by atoms with Crippen molar-refractivity contribution < 1.29 is 4.74 Å². The van der Waals surface area contributed by atoms with Gasteiger partial charge in [0.1, 0.15) is 10.3 Å². The predicted molar refractivity (Wildman–Crippen MR) is 65.8 cm³/mol. The Labute approximate surface area is 103 Å². The van der Waals surface area contributed by atoms with Crippen LogP contribution in [0.25, 0.3) is 5.65 Å². The van der Waals surface area contributed by atoms with Gasteiger partial charge in [-0.05, 0) is 40.9 Å². The maximum absolute atomic E-state index is 5.42. The minimum atomic E-state index is 0.439. The fraction of sp³-hybridized carbons (Fsp3) is 0.417. The number of rotatable bonds is 1. The first-order chi connectivity index (χ1) is 7.77. The van der Waals surface area contributed by atoms with Crippen LogP contribution in [-0.4, -0.2) is 22.6 Å². The maximum atomic E-state index is 5.42. The zero-order valence-electron chi connectivity index (χ0n) is 9.11. The molecule has 2 aromatic rings. The lowest BCUT2D eigenvalue weighted by molar-refractivity contribution is 0.193. The summed E-state index contributed by atoms with van der Waals surface area (Å²) >= 11 is 3.64. The van der Waals surface area contributed by atoms with E-state index in [1.54, 1.807) is 0 Å². The Bertz CT molecular complexity index is 529. The molecule has 0 spiro atoms. The summed E-state index contributed by atoms with van der Waals surface area (Å²) in [6, 6.07) is 4.13. The molecule has 1 unspecified atom stereocenters. The summed E-state index contributed by atoms with van der Waals surface area (Å²) in [5, 5.41) is 0. The lowest BCUT2D eigenvalue weighted by Crippen LogP contribution is -1.98. The quantitative estimate of drug-likeness (QED) is 0.803. The van der Waals surface area contributed by atoms with Crippen LogP contribution in [0.2, 0.25) is 0 Å². The van der Waals surface area contributed by atoms with Crippen molar-refractivity contribution in [2.75, 3.05) is 13.2 Å². The van der Waals surface area contributed by atoms with Crippen LogP contribution in [0.15, 0.2) is 22.9 Å². The second-order valence-electron chi connectivity index (χ2n) is 4.23. The molecule has 0 saturated carbocycles. The van der Waals surface area contributed by atoms with Crippen LogP contribution in [-0.2, 0) is 4.74 Å². The van der Waals surface area contributed by atoms with Crippen LogP contribution in [0.4, 0.5) is 0 Å². The third kappa shape index (κ3) is 1.48. The van der Waals surface area contributed by atoms with E-state index in [4.69, 9.17) is 9.72 Å². The molecule has 0 N–H and O–H groups in total. The number of nitrogens with zero attached hydrogens (tertiary/aromatic N) is 2. The Morgan fingerprint density at radius 3 is 3.12 bits per heavy atom. The number of pyridine rings is 1. The van der Waals surface area contributed by atoms with Gasteiger partial charge in [0.05, 0.1) is 12.3 Å². The number of ether oxygens (including phenoxy) is 1. The Balaban J connectivity index is 2.18. The summed E-state index contributed by atoms with van der Waals surface area (Å²) in [5.74, 6) is 0.439. The van der Waals surface area contributed by atoms with E-state index in [-0.39, 0.29) is 0 Å². The van der Waals surface area contributed by atoms with Gasteiger partial charge in [0, 0.05) is 18.7 Å². The summed E-state index contributed by atoms with van der Waals surface area (Å²) in [7, 11) is 0. The summed E-state index contributed by atoms with van der Waals surface area (Å²) in [6.45, 7) is 3.73. The molecule has 3 heterocycles. The first kappa shape index (κ1) is 10.3. The van der Waals surface area contributed by atoms with E-state index in [2.05, 4.69) is 33.3 Å². The van der Waals surface area contributed by atoms with Crippen molar-refractivity contribution in [1.82, 2.24) is 9.38 Å². The SMILES string of the molecule is Cc1cccn2c(Br)c(C3CCOC3)nc12. The van der Waals surface area contributed by atoms with Gasteiger partial charge in [-0.3, -0.25) is 4.40 Å². The highest BCUT2D eigenvalue weighted by molar-refractivity contribution is 9.10. The fourth-order valence-corrected chi connectivity index (χ4v) is 2.90. The number of aryl methyl sites for hydroxylation is 1. The van der Waals surface area contributed by atoms with Gasteiger partial charge < -0.3 is 4.74 Å². The second kappa shape index (κ2) is 3.86. The van der Waals surface area contributed by atoms with Crippen LogP contribution < -0.4 is 0 Å². The van der Waals surface area contributed by atoms with Crippen molar-refractivity contribution in [3.05, 3.63) is 34.2 Å². The summed E-state index contributed by atoms with van der Waals surface area (Å²) in [6.07, 6.45) is 3.11. The van der Waals surface area contributed by atoms with Crippen molar-refractivity contribution >= 4 is 21.6 Å². The number of halogens is 1. The molecule has 0 bridgehead atoms. The smallest absolute Gasteiger partial charge is 0.140 e. The van der Waals surface area contributed by atoms with Gasteiger partial charge in [-0.15, -0.1) is 0 Å². The normalized spacial score (nSPS) is 20.8. The Kier molecular flexibility index (Phi) is 2.48. The maximum Gasteiger partial charge on any atom is 0.140 e. The first-order valence-electron chi connectivity index (χ1n) is 5.48. The molecule has 1 saturated heterocycles. The molecule has 1 fully saturated rings. The molecule has 2 aromatic heterocycles. The van der Waals surface area contributed by atoms with Gasteiger partial charge in [0.2, 0.25) is 0 Å². The molecule has 4 heteroatoms. The van der Waals surface area contributed by atoms with Crippen molar-refractivity contribution in [3.63, 3.8) is 0 Å². The molecule has 1 aliphatic heterocycles. The number of imidazole rings is 1.